The van der Waals surface area contributed by atoms with Crippen LogP contribution < -0.4 is 44.2 Å². The average molecular weight is 645 g/mol. The number of nitrogens with one attached hydrogen (secondary N) is 4. The Hall–Kier alpha value is -5.05. The van der Waals surface area contributed by atoms with E-state index in [-0.39, 0.29) is 38.3 Å². The van der Waals surface area contributed by atoms with Crippen LogP contribution in [0.15, 0.2) is 4.99 Å². The van der Waals surface area contributed by atoms with E-state index in [2.05, 4.69) is 26.3 Å². The minimum absolute atomic E-state index is 0.0417. The van der Waals surface area contributed by atoms with Crippen molar-refractivity contribution < 1.29 is 53.7 Å². The highest BCUT2D eigenvalue weighted by molar-refractivity contribution is 5.98. The van der Waals surface area contributed by atoms with E-state index >= 15 is 0 Å². The van der Waals surface area contributed by atoms with Gasteiger partial charge in [-0.25, -0.2) is 4.79 Å². The number of likely N-dealkylation sites (tertiary alicyclic amines) is 1. The molecule has 252 valence electrons. The van der Waals surface area contributed by atoms with Gasteiger partial charge in [0.15, 0.2) is 5.96 Å². The zero-order chi connectivity index (χ0) is 34.3. The third-order valence-electron chi connectivity index (χ3n) is 6.45. The quantitative estimate of drug-likeness (QED) is 0.0354. The summed E-state index contributed by atoms with van der Waals surface area (Å²) in [5.41, 5.74) is 20.9. The molecule has 0 aromatic carbocycles. The van der Waals surface area contributed by atoms with Crippen LogP contribution in [-0.4, -0.2) is 130 Å². The Balaban J connectivity index is 3.15. The minimum atomic E-state index is -1.85. The molecular formula is C24H40N10O11. The number of guanidine groups is 1. The topological polar surface area (TPSA) is 365 Å². The molecule has 21 nitrogen and oxygen atoms in total. The molecule has 1 rings (SSSR count). The van der Waals surface area contributed by atoms with Gasteiger partial charge in [-0.2, -0.15) is 0 Å². The maximum Gasteiger partial charge on any atom is 0.326 e. The Morgan fingerprint density at radius 3 is 1.89 bits per heavy atom. The summed E-state index contributed by atoms with van der Waals surface area (Å²) in [4.78, 5) is 103. The van der Waals surface area contributed by atoms with E-state index in [0.29, 0.717) is 6.42 Å². The Morgan fingerprint density at radius 1 is 0.822 bits per heavy atom. The van der Waals surface area contributed by atoms with Crippen LogP contribution in [0.3, 0.4) is 0 Å². The molecule has 0 aromatic heterocycles. The fraction of sp³-hybridized carbons (Fsp3) is 0.625. The first-order valence-corrected chi connectivity index (χ1v) is 13.7. The molecule has 0 saturated carbocycles. The molecule has 0 aliphatic carbocycles. The third-order valence-corrected chi connectivity index (χ3v) is 6.45. The number of carboxylic acid groups (broad SMARTS) is 2. The Labute approximate surface area is 256 Å². The van der Waals surface area contributed by atoms with Crippen molar-refractivity contribution in [2.75, 3.05) is 26.2 Å². The molecular weight excluding hydrogens is 604 g/mol. The summed E-state index contributed by atoms with van der Waals surface area (Å²) < 4.78 is 0. The monoisotopic (exact) mass is 644 g/mol. The molecule has 1 aliphatic rings. The number of hydrogen-bond donors (Lipinski definition) is 11. The van der Waals surface area contributed by atoms with Crippen molar-refractivity contribution in [3.8, 4) is 0 Å². The van der Waals surface area contributed by atoms with E-state index < -0.39 is 104 Å². The van der Waals surface area contributed by atoms with Crippen molar-refractivity contribution in [2.45, 2.75) is 68.7 Å². The van der Waals surface area contributed by atoms with E-state index in [1.807, 2.05) is 0 Å². The van der Waals surface area contributed by atoms with Crippen LogP contribution in [0.1, 0.15) is 38.5 Å². The van der Waals surface area contributed by atoms with Crippen molar-refractivity contribution in [1.29, 1.82) is 0 Å². The van der Waals surface area contributed by atoms with Crippen LogP contribution in [0.25, 0.3) is 0 Å². The van der Waals surface area contributed by atoms with Crippen molar-refractivity contribution in [3.63, 3.8) is 0 Å². The fourth-order valence-corrected chi connectivity index (χ4v) is 4.31. The molecule has 0 aromatic rings. The summed E-state index contributed by atoms with van der Waals surface area (Å²) in [6, 6.07) is -7.74. The number of aliphatic imine (C=N–C) groups is 1. The molecule has 1 fully saturated rings. The summed E-state index contributed by atoms with van der Waals surface area (Å²) in [6.07, 6.45) is -1.08. The fourth-order valence-electron chi connectivity index (χ4n) is 4.31. The summed E-state index contributed by atoms with van der Waals surface area (Å²) in [6.45, 7) is -1.48. The molecule has 0 radical (unpaired) electrons. The standard InChI is InChI=1S/C24H40N10O11/c25-9-17(37)30-12(7-16(26)36)19(40)33-14(10-35)21(42)32-13(8-18(38)39)20(41)31-11(3-1-5-29-24(27)28)22(43)34-6-2-4-15(34)23(44)45/h11-15,35H,1-10,25H2,(H2,26,36)(H,30,37)(H,31,41)(H,32,42)(H,33,40)(H,38,39)(H,44,45)(H4,27,28,29)/t11-,12-,13-,14-,15-/m0/s1. The molecule has 1 aliphatic heterocycles. The van der Waals surface area contributed by atoms with Crippen molar-refractivity contribution in [2.24, 2.45) is 27.9 Å². The first kappa shape index (κ1) is 38.0. The summed E-state index contributed by atoms with van der Waals surface area (Å²) in [5.74, 6) is -9.16. The van der Waals surface area contributed by atoms with Gasteiger partial charge in [0.2, 0.25) is 35.4 Å². The first-order valence-electron chi connectivity index (χ1n) is 13.7. The SMILES string of the molecule is NCC(=O)N[C@@H](CC(N)=O)C(=O)N[C@@H](CO)C(=O)N[C@@H](CC(=O)O)C(=O)N[C@@H](CCCN=C(N)N)C(=O)N1CCC[C@H]1C(=O)O. The number of carbonyl (C=O) groups is 8. The zero-order valence-electron chi connectivity index (χ0n) is 24.3. The highest BCUT2D eigenvalue weighted by atomic mass is 16.4. The third kappa shape index (κ3) is 13.0. The van der Waals surface area contributed by atoms with Gasteiger partial charge in [-0.15, -0.1) is 0 Å². The molecule has 5 atom stereocenters. The van der Waals surface area contributed by atoms with Crippen LogP contribution in [0.4, 0.5) is 0 Å². The molecule has 0 spiro atoms. The van der Waals surface area contributed by atoms with Gasteiger partial charge in [-0.3, -0.25) is 38.6 Å². The number of primary amides is 1. The highest BCUT2D eigenvalue weighted by Crippen LogP contribution is 2.20. The number of hydrogen-bond acceptors (Lipinski definition) is 11. The summed E-state index contributed by atoms with van der Waals surface area (Å²) >= 11 is 0. The molecule has 0 bridgehead atoms. The number of aliphatic hydroxyl groups excluding tert-OH is 1. The lowest BCUT2D eigenvalue weighted by Gasteiger charge is -2.29. The predicted octanol–water partition coefficient (Wildman–Crippen LogP) is -6.64. The predicted molar refractivity (Wildman–Crippen MR) is 152 cm³/mol. The van der Waals surface area contributed by atoms with Gasteiger partial charge < -0.3 is 64.4 Å². The number of carbonyl (C=O) groups excluding carboxylic acids is 6. The van der Waals surface area contributed by atoms with Crippen molar-refractivity contribution in [3.05, 3.63) is 0 Å². The van der Waals surface area contributed by atoms with Crippen molar-refractivity contribution >= 4 is 53.3 Å². The van der Waals surface area contributed by atoms with E-state index in [1.54, 1.807) is 0 Å². The van der Waals surface area contributed by atoms with E-state index in [0.717, 1.165) is 4.90 Å². The molecule has 6 amide bonds. The summed E-state index contributed by atoms with van der Waals surface area (Å²) in [7, 11) is 0. The van der Waals surface area contributed by atoms with Gasteiger partial charge in [-0.05, 0) is 25.7 Å². The minimum Gasteiger partial charge on any atom is -0.481 e. The maximum absolute atomic E-state index is 13.3. The van der Waals surface area contributed by atoms with Crippen LogP contribution in [0, 0.1) is 0 Å². The number of amides is 6. The molecule has 1 heterocycles. The van der Waals surface area contributed by atoms with Gasteiger partial charge in [0.05, 0.1) is 26.0 Å². The van der Waals surface area contributed by atoms with Crippen LogP contribution >= 0.6 is 0 Å². The van der Waals surface area contributed by atoms with Crippen LogP contribution in [-0.2, 0) is 38.4 Å². The smallest absolute Gasteiger partial charge is 0.326 e. The molecule has 45 heavy (non-hydrogen) atoms. The second-order valence-electron chi connectivity index (χ2n) is 9.94. The lowest BCUT2D eigenvalue weighted by Crippen LogP contribution is -2.60. The first-order chi connectivity index (χ1) is 21.1. The normalized spacial score (nSPS) is 16.7. The molecule has 15 N–H and O–H groups in total. The number of nitrogens with two attached hydrogens (primary N) is 4. The largest absolute Gasteiger partial charge is 0.481 e. The Bertz CT molecular complexity index is 1160. The number of aliphatic carboxylic acids is 2. The van der Waals surface area contributed by atoms with Gasteiger partial charge in [0, 0.05) is 13.1 Å². The van der Waals surface area contributed by atoms with Gasteiger partial charge in [-0.1, -0.05) is 0 Å². The second kappa shape index (κ2) is 18.6. The van der Waals surface area contributed by atoms with Crippen LogP contribution in [0.2, 0.25) is 0 Å². The number of rotatable bonds is 19. The van der Waals surface area contributed by atoms with Gasteiger partial charge in [0.25, 0.3) is 0 Å². The van der Waals surface area contributed by atoms with E-state index in [1.165, 1.54) is 0 Å². The second-order valence-corrected chi connectivity index (χ2v) is 9.94. The molecule has 1 saturated heterocycles. The van der Waals surface area contributed by atoms with Gasteiger partial charge >= 0.3 is 11.9 Å². The average Bonchev–Trinajstić information content (AvgIpc) is 3.46. The molecule has 21 heteroatoms. The molecule has 0 unspecified atom stereocenters. The van der Waals surface area contributed by atoms with Crippen LogP contribution in [0.5, 0.6) is 0 Å². The number of nitrogens with zero attached hydrogens (tertiary/aromatic N) is 2. The lowest BCUT2D eigenvalue weighted by molar-refractivity contribution is -0.149. The Kier molecular flexibility index (Phi) is 15.7. The number of carboxylic acids is 2. The Morgan fingerprint density at radius 2 is 1.38 bits per heavy atom. The number of aliphatic hydroxyl groups is 1. The van der Waals surface area contributed by atoms with Gasteiger partial charge in [0.1, 0.15) is 30.2 Å². The van der Waals surface area contributed by atoms with E-state index in [9.17, 15) is 53.7 Å². The maximum atomic E-state index is 13.3. The highest BCUT2D eigenvalue weighted by Gasteiger charge is 2.39. The lowest BCUT2D eigenvalue weighted by atomic mass is 10.1. The summed E-state index contributed by atoms with van der Waals surface area (Å²) in [5, 5.41) is 37.2. The zero-order valence-corrected chi connectivity index (χ0v) is 24.3. The van der Waals surface area contributed by atoms with Crippen molar-refractivity contribution in [1.82, 2.24) is 26.2 Å². The van der Waals surface area contributed by atoms with E-state index in [4.69, 9.17) is 22.9 Å².